The van der Waals surface area contributed by atoms with Crippen LogP contribution < -0.4 is 25.6 Å². The highest BCUT2D eigenvalue weighted by molar-refractivity contribution is 9.10. The molecule has 2 N–H and O–H groups in total. The molecule has 14 heteroatoms. The van der Waals surface area contributed by atoms with E-state index in [-0.39, 0.29) is 0 Å². The Balaban J connectivity index is 1.21. The summed E-state index contributed by atoms with van der Waals surface area (Å²) in [6.45, 7) is 10.1. The minimum absolute atomic E-state index is 0.404. The normalized spacial score (nSPS) is 16.8. The van der Waals surface area contributed by atoms with Crippen LogP contribution in [-0.2, 0) is 11.0 Å². The summed E-state index contributed by atoms with van der Waals surface area (Å²) >= 11 is 3.57. The summed E-state index contributed by atoms with van der Waals surface area (Å²) in [6.07, 6.45) is 8.16. The summed E-state index contributed by atoms with van der Waals surface area (Å²) in [5.41, 5.74) is 4.48. The first-order chi connectivity index (χ1) is 21.5. The highest BCUT2D eigenvalue weighted by atomic mass is 79.9. The maximum absolute atomic E-state index is 13.3. The van der Waals surface area contributed by atoms with Gasteiger partial charge in [-0.25, -0.2) is 14.5 Å². The molecule has 0 unspecified atom stereocenters. The van der Waals surface area contributed by atoms with Gasteiger partial charge in [-0.05, 0) is 80.3 Å². The molecule has 0 aliphatic carbocycles. The number of pyridine rings is 1. The molecular weight excluding hydrogens is 655 g/mol. The molecule has 240 valence electrons. The zero-order valence-corrected chi connectivity index (χ0v) is 29.3. The molecule has 2 aliphatic heterocycles. The summed E-state index contributed by atoms with van der Waals surface area (Å²) < 4.78 is 21.5. The largest absolute Gasteiger partial charge is 0.494 e. The first-order valence-electron chi connectivity index (χ1n) is 15.4. The predicted octanol–water partition coefficient (Wildman–Crippen LogP) is 4.80. The van der Waals surface area contributed by atoms with E-state index in [1.165, 1.54) is 43.5 Å². The number of piperidine rings is 1. The van der Waals surface area contributed by atoms with Gasteiger partial charge < -0.3 is 29.7 Å². The molecule has 4 aromatic rings. The van der Waals surface area contributed by atoms with Gasteiger partial charge in [-0.15, -0.1) is 0 Å². The number of aromatic nitrogens is 5. The average molecular weight is 698 g/mol. The number of methoxy groups -OCH3 is 1. The van der Waals surface area contributed by atoms with Crippen molar-refractivity contribution < 1.29 is 9.30 Å². The van der Waals surface area contributed by atoms with Crippen LogP contribution in [0.1, 0.15) is 25.3 Å². The third-order valence-electron chi connectivity index (χ3n) is 8.93. The van der Waals surface area contributed by atoms with Crippen molar-refractivity contribution in [3.8, 4) is 5.75 Å². The zero-order chi connectivity index (χ0) is 31.9. The van der Waals surface area contributed by atoms with E-state index < -0.39 is 7.14 Å². The van der Waals surface area contributed by atoms with Crippen molar-refractivity contribution in [2.75, 3.05) is 76.2 Å². The lowest BCUT2D eigenvalue weighted by molar-refractivity contribution is 0.0188. The third kappa shape index (κ3) is 6.54. The first-order valence-corrected chi connectivity index (χ1v) is 18.8. The highest BCUT2D eigenvalue weighted by Gasteiger charge is 2.35. The van der Waals surface area contributed by atoms with Crippen LogP contribution in [0, 0.1) is 0 Å². The Labute approximate surface area is 273 Å². The number of ether oxygens (including phenoxy) is 1. The molecule has 2 aliphatic rings. The van der Waals surface area contributed by atoms with Crippen LogP contribution in [0.5, 0.6) is 5.75 Å². The molecule has 3 aromatic heterocycles. The Morgan fingerprint density at radius 2 is 1.87 bits per heavy atom. The van der Waals surface area contributed by atoms with E-state index in [0.717, 1.165) is 30.9 Å². The third-order valence-corrected chi connectivity index (χ3v) is 11.0. The number of likely N-dealkylation sites (N-methyl/N-ethyl adjacent to an activating group) is 1. The van der Waals surface area contributed by atoms with Gasteiger partial charge in [0.15, 0.2) is 5.65 Å². The second kappa shape index (κ2) is 12.9. The second-order valence-electron chi connectivity index (χ2n) is 12.4. The van der Waals surface area contributed by atoms with Gasteiger partial charge in [0, 0.05) is 62.4 Å². The summed E-state index contributed by atoms with van der Waals surface area (Å²) in [5.74, 6) is 1.67. The van der Waals surface area contributed by atoms with Gasteiger partial charge >= 0.3 is 0 Å². The van der Waals surface area contributed by atoms with Crippen molar-refractivity contribution in [1.82, 2.24) is 34.4 Å². The fraction of sp³-hybridized carbons (Fsp3) is 0.484. The molecule has 0 atom stereocenters. The van der Waals surface area contributed by atoms with Gasteiger partial charge in [0.05, 0.1) is 28.3 Å². The van der Waals surface area contributed by atoms with Crippen molar-refractivity contribution in [2.24, 2.45) is 0 Å². The van der Waals surface area contributed by atoms with Gasteiger partial charge in [0.2, 0.25) is 5.95 Å². The van der Waals surface area contributed by atoms with Gasteiger partial charge in [-0.1, -0.05) is 6.92 Å². The van der Waals surface area contributed by atoms with Crippen molar-refractivity contribution in [1.29, 1.82) is 0 Å². The van der Waals surface area contributed by atoms with Crippen molar-refractivity contribution >= 4 is 62.9 Å². The topological polar surface area (TPSA) is 116 Å². The maximum Gasteiger partial charge on any atom is 0.229 e. The molecule has 0 spiro atoms. The number of benzene rings is 1. The Bertz CT molecular complexity index is 1730. The Kier molecular flexibility index (Phi) is 9.07. The van der Waals surface area contributed by atoms with Crippen LogP contribution in [0.25, 0.3) is 5.65 Å². The van der Waals surface area contributed by atoms with Gasteiger partial charge in [0.1, 0.15) is 25.0 Å². The standard InChI is InChI=1S/C31H42BrN10O2P/c1-7-20-14-25(27(44-4)15-26(20)40-11-8-21(9-12-40)41-17-22(18-41)39(2)3)37-31-33-16-23(32)29(38-31)36-24-10-13-42-30(34-19-35-42)28(24)45(5,6)43/h10,13-16,19,21-22H,7-9,11-12,17-18H2,1-6H3,(H2,33,36,37,38). The molecular formula is C31H42BrN10O2P. The summed E-state index contributed by atoms with van der Waals surface area (Å²) in [5, 5.41) is 11.5. The monoisotopic (exact) mass is 696 g/mol. The van der Waals surface area contributed by atoms with Gasteiger partial charge in [-0.2, -0.15) is 10.1 Å². The van der Waals surface area contributed by atoms with Crippen LogP contribution in [0.4, 0.5) is 28.8 Å². The molecule has 2 saturated heterocycles. The van der Waals surface area contributed by atoms with E-state index in [9.17, 15) is 4.57 Å². The Hall–Kier alpha value is -3.25. The van der Waals surface area contributed by atoms with Crippen LogP contribution >= 0.6 is 23.1 Å². The Morgan fingerprint density at radius 1 is 1.11 bits per heavy atom. The number of nitrogens with one attached hydrogen (secondary N) is 2. The number of nitrogens with zero attached hydrogens (tertiary/aromatic N) is 8. The number of anilines is 5. The maximum atomic E-state index is 13.3. The van der Waals surface area contributed by atoms with Crippen LogP contribution in [0.15, 0.2) is 41.4 Å². The van der Waals surface area contributed by atoms with E-state index in [1.807, 2.05) is 6.07 Å². The number of likely N-dealkylation sites (tertiary alicyclic amines) is 1. The smallest absolute Gasteiger partial charge is 0.229 e. The van der Waals surface area contributed by atoms with Crippen molar-refractivity contribution in [3.63, 3.8) is 0 Å². The zero-order valence-electron chi connectivity index (χ0n) is 26.8. The van der Waals surface area contributed by atoms with Crippen LogP contribution in [0.2, 0.25) is 0 Å². The molecule has 0 radical (unpaired) electrons. The molecule has 0 bridgehead atoms. The number of rotatable bonds is 10. The van der Waals surface area contributed by atoms with E-state index in [1.54, 1.807) is 37.3 Å². The minimum Gasteiger partial charge on any atom is -0.494 e. The lowest BCUT2D eigenvalue weighted by Crippen LogP contribution is -2.62. The highest BCUT2D eigenvalue weighted by Crippen LogP contribution is 2.41. The van der Waals surface area contributed by atoms with E-state index >= 15 is 0 Å². The van der Waals surface area contributed by atoms with Gasteiger partial charge in [0.25, 0.3) is 0 Å². The Morgan fingerprint density at radius 3 is 2.53 bits per heavy atom. The average Bonchev–Trinajstić information content (AvgIpc) is 3.46. The minimum atomic E-state index is -2.72. The van der Waals surface area contributed by atoms with Crippen molar-refractivity contribution in [2.45, 2.75) is 38.3 Å². The number of hydrogen-bond acceptors (Lipinski definition) is 11. The number of halogens is 1. The summed E-state index contributed by atoms with van der Waals surface area (Å²) in [6, 6.07) is 7.48. The van der Waals surface area contributed by atoms with E-state index in [4.69, 9.17) is 9.72 Å². The van der Waals surface area contributed by atoms with E-state index in [2.05, 4.69) is 89.5 Å². The van der Waals surface area contributed by atoms with Crippen LogP contribution in [-0.4, -0.2) is 107 Å². The molecule has 5 heterocycles. The number of hydrogen-bond donors (Lipinski definition) is 2. The van der Waals surface area contributed by atoms with Crippen molar-refractivity contribution in [3.05, 3.63) is 47.0 Å². The number of fused-ring (bicyclic) bond motifs is 1. The molecule has 1 aromatic carbocycles. The summed E-state index contributed by atoms with van der Waals surface area (Å²) in [7, 11) is 3.32. The number of aryl methyl sites for hydroxylation is 1. The summed E-state index contributed by atoms with van der Waals surface area (Å²) in [4.78, 5) is 21.1. The molecule has 0 saturated carbocycles. The first kappa shape index (κ1) is 31.7. The molecule has 45 heavy (non-hydrogen) atoms. The lowest BCUT2D eigenvalue weighted by Gasteiger charge is -2.49. The second-order valence-corrected chi connectivity index (χ2v) is 16.4. The van der Waals surface area contributed by atoms with E-state index in [0.29, 0.717) is 45.0 Å². The quantitative estimate of drug-likeness (QED) is 0.223. The molecule has 0 amide bonds. The lowest BCUT2D eigenvalue weighted by atomic mass is 9.96. The fourth-order valence-corrected chi connectivity index (χ4v) is 7.95. The van der Waals surface area contributed by atoms with Crippen LogP contribution in [0.3, 0.4) is 0 Å². The molecule has 6 rings (SSSR count). The van der Waals surface area contributed by atoms with Gasteiger partial charge in [-0.3, -0.25) is 4.90 Å². The predicted molar refractivity (Wildman–Crippen MR) is 185 cm³/mol. The molecule has 2 fully saturated rings. The fourth-order valence-electron chi connectivity index (χ4n) is 6.31. The SMILES string of the molecule is CCc1cc(Nc2ncc(Br)c(Nc3ccn4ncnc4c3P(C)(C)=O)n2)c(OC)cc1N1CCC(N2CC(N(C)C)C2)CC1. The molecule has 12 nitrogen and oxygen atoms in total.